The number of halogens is 2. The smallest absolute Gasteiger partial charge is 0.346 e. The van der Waals surface area contributed by atoms with Crippen LogP contribution >= 0.6 is 0 Å². The van der Waals surface area contributed by atoms with Crippen LogP contribution in [0.2, 0.25) is 0 Å². The van der Waals surface area contributed by atoms with Crippen molar-refractivity contribution >= 4 is 5.97 Å². The molecule has 3 rings (SSSR count). The molecular weight excluding hydrogens is 362 g/mol. The molecule has 1 aliphatic rings. The van der Waals surface area contributed by atoms with Gasteiger partial charge in [0.05, 0.1) is 11.8 Å². The van der Waals surface area contributed by atoms with Crippen molar-refractivity contribution in [2.75, 3.05) is 0 Å². The van der Waals surface area contributed by atoms with E-state index >= 15 is 0 Å². The Labute approximate surface area is 164 Å². The van der Waals surface area contributed by atoms with Crippen LogP contribution in [0.15, 0.2) is 48.7 Å². The fourth-order valence-corrected chi connectivity index (χ4v) is 3.49. The van der Waals surface area contributed by atoms with Gasteiger partial charge in [0.15, 0.2) is 11.6 Å². The van der Waals surface area contributed by atoms with E-state index in [0.717, 1.165) is 24.8 Å². The van der Waals surface area contributed by atoms with Crippen LogP contribution in [-0.2, 0) is 0 Å². The van der Waals surface area contributed by atoms with E-state index in [1.165, 1.54) is 36.8 Å². The van der Waals surface area contributed by atoms with Crippen molar-refractivity contribution in [3.8, 4) is 11.5 Å². The van der Waals surface area contributed by atoms with E-state index in [-0.39, 0.29) is 5.75 Å². The van der Waals surface area contributed by atoms with Crippen LogP contribution in [0.25, 0.3) is 0 Å². The topological polar surface area (TPSA) is 35.5 Å². The number of hydrogen-bond donors (Lipinski definition) is 0. The summed E-state index contributed by atoms with van der Waals surface area (Å²) in [5, 5.41) is 0. The third kappa shape index (κ3) is 4.58. The number of carbonyl (C=O) groups excluding carboxylic acids is 1. The van der Waals surface area contributed by atoms with Gasteiger partial charge in [-0.1, -0.05) is 38.0 Å². The standard InChI is InChI=1S/C23H24F2O3/c1-3-14-27-20-13-12-19(21(24)22(20)25)23(26)28-18-10-8-17(9-11-18)16-6-4-15(2)5-7-16/h3,8-16H,4-7H2,1-2H3. The van der Waals surface area contributed by atoms with Crippen LogP contribution in [0.4, 0.5) is 8.78 Å². The molecule has 0 bridgehead atoms. The van der Waals surface area contributed by atoms with Crippen LogP contribution < -0.4 is 9.47 Å². The maximum absolute atomic E-state index is 14.2. The Morgan fingerprint density at radius 3 is 2.32 bits per heavy atom. The third-order valence-electron chi connectivity index (χ3n) is 5.18. The van der Waals surface area contributed by atoms with E-state index in [0.29, 0.717) is 11.7 Å². The van der Waals surface area contributed by atoms with Gasteiger partial charge in [-0.05, 0) is 61.4 Å². The Kier molecular flexibility index (Phi) is 6.45. The predicted octanol–water partition coefficient (Wildman–Crippen LogP) is 6.39. The van der Waals surface area contributed by atoms with Crippen molar-refractivity contribution in [1.29, 1.82) is 0 Å². The first-order valence-electron chi connectivity index (χ1n) is 9.57. The van der Waals surface area contributed by atoms with Crippen LogP contribution in [0.1, 0.15) is 61.4 Å². The molecule has 0 aliphatic heterocycles. The highest BCUT2D eigenvalue weighted by Crippen LogP contribution is 2.36. The summed E-state index contributed by atoms with van der Waals surface area (Å²) in [6.07, 6.45) is 7.53. The highest BCUT2D eigenvalue weighted by molar-refractivity contribution is 5.91. The van der Waals surface area contributed by atoms with E-state index in [1.807, 2.05) is 12.1 Å². The number of esters is 1. The Balaban J connectivity index is 1.68. The molecule has 148 valence electrons. The normalized spacial score (nSPS) is 19.6. The van der Waals surface area contributed by atoms with Gasteiger partial charge in [-0.15, -0.1) is 0 Å². The monoisotopic (exact) mass is 386 g/mol. The van der Waals surface area contributed by atoms with Gasteiger partial charge >= 0.3 is 5.97 Å². The summed E-state index contributed by atoms with van der Waals surface area (Å²) >= 11 is 0. The van der Waals surface area contributed by atoms with Gasteiger partial charge in [-0.2, -0.15) is 4.39 Å². The van der Waals surface area contributed by atoms with Crippen molar-refractivity contribution in [1.82, 2.24) is 0 Å². The second kappa shape index (κ2) is 9.00. The SMILES string of the molecule is CC=COc1ccc(C(=O)Oc2ccc(C3CCC(C)CC3)cc2)c(F)c1F. The summed E-state index contributed by atoms with van der Waals surface area (Å²) in [6.45, 7) is 3.96. The minimum Gasteiger partial charge on any atom is -0.462 e. The van der Waals surface area contributed by atoms with Crippen LogP contribution in [0.5, 0.6) is 11.5 Å². The minimum atomic E-state index is -1.29. The Morgan fingerprint density at radius 1 is 1.00 bits per heavy atom. The Hall–Kier alpha value is -2.69. The summed E-state index contributed by atoms with van der Waals surface area (Å²) in [4.78, 5) is 12.3. The maximum atomic E-state index is 14.2. The Morgan fingerprint density at radius 2 is 1.68 bits per heavy atom. The van der Waals surface area contributed by atoms with Crippen molar-refractivity contribution in [3.63, 3.8) is 0 Å². The van der Waals surface area contributed by atoms with Gasteiger partial charge in [-0.3, -0.25) is 0 Å². The lowest BCUT2D eigenvalue weighted by molar-refractivity contribution is 0.0728. The fraction of sp³-hybridized carbons (Fsp3) is 0.348. The molecule has 0 amide bonds. The van der Waals surface area contributed by atoms with E-state index < -0.39 is 23.2 Å². The first kappa shape index (κ1) is 20.1. The second-order valence-corrected chi connectivity index (χ2v) is 7.24. The van der Waals surface area contributed by atoms with Crippen LogP contribution in [0.3, 0.4) is 0 Å². The lowest BCUT2D eigenvalue weighted by Crippen LogP contribution is -2.13. The highest BCUT2D eigenvalue weighted by atomic mass is 19.2. The van der Waals surface area contributed by atoms with Crippen molar-refractivity contribution < 1.29 is 23.0 Å². The molecule has 0 spiro atoms. The molecule has 0 heterocycles. The molecule has 3 nitrogen and oxygen atoms in total. The first-order chi connectivity index (χ1) is 13.5. The van der Waals surface area contributed by atoms with E-state index in [1.54, 1.807) is 19.1 Å². The molecule has 2 aromatic carbocycles. The number of hydrogen-bond acceptors (Lipinski definition) is 3. The summed E-state index contributed by atoms with van der Waals surface area (Å²) < 4.78 is 38.4. The van der Waals surface area contributed by atoms with Crippen molar-refractivity contribution in [2.24, 2.45) is 5.92 Å². The Bertz CT molecular complexity index is 851. The molecular formula is C23H24F2O3. The summed E-state index contributed by atoms with van der Waals surface area (Å²) in [5.74, 6) is -2.16. The third-order valence-corrected chi connectivity index (χ3v) is 5.18. The molecule has 1 saturated carbocycles. The number of benzene rings is 2. The zero-order valence-electron chi connectivity index (χ0n) is 16.1. The second-order valence-electron chi connectivity index (χ2n) is 7.24. The molecule has 28 heavy (non-hydrogen) atoms. The zero-order valence-corrected chi connectivity index (χ0v) is 16.1. The minimum absolute atomic E-state index is 0.293. The first-order valence-corrected chi connectivity index (χ1v) is 9.57. The number of carbonyl (C=O) groups is 1. The van der Waals surface area contributed by atoms with E-state index in [9.17, 15) is 13.6 Å². The quantitative estimate of drug-likeness (QED) is 0.339. The lowest BCUT2D eigenvalue weighted by Gasteiger charge is -2.26. The average molecular weight is 386 g/mol. The number of allylic oxidation sites excluding steroid dienone is 1. The van der Waals surface area contributed by atoms with E-state index in [4.69, 9.17) is 9.47 Å². The molecule has 0 saturated heterocycles. The molecule has 2 aromatic rings. The van der Waals surface area contributed by atoms with E-state index in [2.05, 4.69) is 6.92 Å². The van der Waals surface area contributed by atoms with Gasteiger partial charge in [-0.25, -0.2) is 9.18 Å². The van der Waals surface area contributed by atoms with Gasteiger partial charge in [0, 0.05) is 0 Å². The lowest BCUT2D eigenvalue weighted by atomic mass is 9.79. The largest absolute Gasteiger partial charge is 0.462 e. The molecule has 1 aliphatic carbocycles. The molecule has 0 unspecified atom stereocenters. The summed E-state index contributed by atoms with van der Waals surface area (Å²) in [5.41, 5.74) is 0.741. The zero-order chi connectivity index (χ0) is 20.1. The molecule has 1 fully saturated rings. The molecule has 0 radical (unpaired) electrons. The molecule has 5 heteroatoms. The predicted molar refractivity (Wildman–Crippen MR) is 104 cm³/mol. The molecule has 0 atom stereocenters. The average Bonchev–Trinajstić information content (AvgIpc) is 2.70. The highest BCUT2D eigenvalue weighted by Gasteiger charge is 2.22. The molecule has 0 aromatic heterocycles. The molecule has 0 N–H and O–H groups in total. The number of rotatable bonds is 5. The van der Waals surface area contributed by atoms with Gasteiger partial charge in [0.25, 0.3) is 0 Å². The van der Waals surface area contributed by atoms with Crippen molar-refractivity contribution in [3.05, 3.63) is 71.5 Å². The van der Waals surface area contributed by atoms with Crippen LogP contribution in [0, 0.1) is 17.6 Å². The summed E-state index contributed by atoms with van der Waals surface area (Å²) in [7, 11) is 0. The van der Waals surface area contributed by atoms with Gasteiger partial charge in [0.1, 0.15) is 5.75 Å². The van der Waals surface area contributed by atoms with Gasteiger partial charge < -0.3 is 9.47 Å². The number of ether oxygens (including phenoxy) is 2. The summed E-state index contributed by atoms with van der Waals surface area (Å²) in [6, 6.07) is 9.62. The van der Waals surface area contributed by atoms with Crippen molar-refractivity contribution in [2.45, 2.75) is 45.4 Å². The maximum Gasteiger partial charge on any atom is 0.346 e. The fourth-order valence-electron chi connectivity index (χ4n) is 3.49. The van der Waals surface area contributed by atoms with Crippen LogP contribution in [-0.4, -0.2) is 5.97 Å². The van der Waals surface area contributed by atoms with Gasteiger partial charge in [0.2, 0.25) is 5.82 Å².